The van der Waals surface area contributed by atoms with E-state index in [0.29, 0.717) is 6.92 Å². The fourth-order valence-electron chi connectivity index (χ4n) is 2.52. The molecule has 0 saturated heterocycles. The van der Waals surface area contributed by atoms with Gasteiger partial charge in [-0.3, -0.25) is 19.2 Å². The van der Waals surface area contributed by atoms with Crippen LogP contribution in [-0.2, 0) is 19.2 Å². The SMILES string of the molecule is CC(C(=O)C1C(=O)C(C)(C)C(=O)C(C)(C)C1=O)C(F)(F)F. The number of rotatable bonds is 2. The van der Waals surface area contributed by atoms with Crippen molar-refractivity contribution in [1.29, 1.82) is 0 Å². The minimum Gasteiger partial charge on any atom is -0.298 e. The molecule has 7 heteroatoms. The highest BCUT2D eigenvalue weighted by Gasteiger charge is 2.61. The van der Waals surface area contributed by atoms with Crippen molar-refractivity contribution in [2.24, 2.45) is 22.7 Å². The molecule has 0 amide bonds. The van der Waals surface area contributed by atoms with Crippen LogP contribution in [0.4, 0.5) is 13.2 Å². The highest BCUT2D eigenvalue weighted by molar-refractivity contribution is 6.35. The van der Waals surface area contributed by atoms with Gasteiger partial charge in [0.1, 0.15) is 11.8 Å². The summed E-state index contributed by atoms with van der Waals surface area (Å²) in [5, 5.41) is 0. The van der Waals surface area contributed by atoms with Crippen LogP contribution < -0.4 is 0 Å². The number of hydrogen-bond donors (Lipinski definition) is 0. The number of alkyl halides is 3. The van der Waals surface area contributed by atoms with Crippen LogP contribution in [-0.4, -0.2) is 29.3 Å². The summed E-state index contributed by atoms with van der Waals surface area (Å²) in [4.78, 5) is 48.5. The lowest BCUT2D eigenvalue weighted by molar-refractivity contribution is -0.182. The summed E-state index contributed by atoms with van der Waals surface area (Å²) in [5.74, 6) is -8.77. The van der Waals surface area contributed by atoms with E-state index in [1.54, 1.807) is 0 Å². The first-order chi connectivity index (χ1) is 9.16. The number of halogens is 3. The average molecular weight is 306 g/mol. The third-order valence-corrected chi connectivity index (χ3v) is 4.09. The predicted octanol–water partition coefficient (Wildman–Crippen LogP) is 2.14. The maximum atomic E-state index is 12.7. The van der Waals surface area contributed by atoms with E-state index in [4.69, 9.17) is 0 Å². The van der Waals surface area contributed by atoms with E-state index in [9.17, 15) is 32.3 Å². The van der Waals surface area contributed by atoms with E-state index in [2.05, 4.69) is 0 Å². The van der Waals surface area contributed by atoms with Crippen LogP contribution in [0.15, 0.2) is 0 Å². The molecule has 1 aliphatic rings. The van der Waals surface area contributed by atoms with Gasteiger partial charge >= 0.3 is 6.18 Å². The maximum Gasteiger partial charge on any atom is 0.398 e. The summed E-state index contributed by atoms with van der Waals surface area (Å²) in [5.41, 5.74) is -3.33. The minimum absolute atomic E-state index is 0.610. The molecule has 1 rings (SSSR count). The molecule has 0 aromatic carbocycles. The number of hydrogen-bond acceptors (Lipinski definition) is 4. The molecule has 0 radical (unpaired) electrons. The molecular formula is C14H17F3O4. The van der Waals surface area contributed by atoms with Gasteiger partial charge in [-0.05, 0) is 34.6 Å². The van der Waals surface area contributed by atoms with E-state index in [1.165, 1.54) is 27.7 Å². The molecule has 21 heavy (non-hydrogen) atoms. The lowest BCUT2D eigenvalue weighted by Gasteiger charge is -2.40. The lowest BCUT2D eigenvalue weighted by Crippen LogP contribution is -2.60. The van der Waals surface area contributed by atoms with Gasteiger partial charge in [0.15, 0.2) is 23.1 Å². The fraction of sp³-hybridized carbons (Fsp3) is 0.714. The summed E-state index contributed by atoms with van der Waals surface area (Å²) < 4.78 is 38.0. The third kappa shape index (κ3) is 2.53. The van der Waals surface area contributed by atoms with Gasteiger partial charge in [-0.25, -0.2) is 0 Å². The topological polar surface area (TPSA) is 68.3 Å². The molecule has 0 spiro atoms. The minimum atomic E-state index is -4.84. The van der Waals surface area contributed by atoms with Gasteiger partial charge < -0.3 is 0 Å². The first-order valence-electron chi connectivity index (χ1n) is 6.40. The monoisotopic (exact) mass is 306 g/mol. The summed E-state index contributed by atoms with van der Waals surface area (Å²) in [6.07, 6.45) is -4.84. The predicted molar refractivity (Wildman–Crippen MR) is 66.3 cm³/mol. The van der Waals surface area contributed by atoms with E-state index >= 15 is 0 Å². The van der Waals surface area contributed by atoms with Crippen molar-refractivity contribution in [3.05, 3.63) is 0 Å². The molecule has 0 bridgehead atoms. The van der Waals surface area contributed by atoms with Crippen molar-refractivity contribution in [2.45, 2.75) is 40.8 Å². The Morgan fingerprint density at radius 2 is 1.33 bits per heavy atom. The van der Waals surface area contributed by atoms with Gasteiger partial charge in [-0.15, -0.1) is 0 Å². The molecule has 1 aliphatic carbocycles. The van der Waals surface area contributed by atoms with Gasteiger partial charge in [0.2, 0.25) is 0 Å². The summed E-state index contributed by atoms with van der Waals surface area (Å²) in [6, 6.07) is 0. The van der Waals surface area contributed by atoms with Crippen molar-refractivity contribution >= 4 is 23.1 Å². The van der Waals surface area contributed by atoms with Gasteiger partial charge in [0, 0.05) is 0 Å². The normalized spacial score (nSPS) is 24.1. The Labute approximate surface area is 120 Å². The molecule has 118 valence electrons. The molecule has 1 saturated carbocycles. The van der Waals surface area contributed by atoms with Crippen molar-refractivity contribution < 1.29 is 32.3 Å². The van der Waals surface area contributed by atoms with Crippen molar-refractivity contribution in [2.75, 3.05) is 0 Å². The lowest BCUT2D eigenvalue weighted by atomic mass is 9.57. The van der Waals surface area contributed by atoms with Gasteiger partial charge in [0.05, 0.1) is 10.8 Å². The summed E-state index contributed by atoms with van der Waals surface area (Å²) in [6.45, 7) is 5.52. The molecule has 0 heterocycles. The van der Waals surface area contributed by atoms with Gasteiger partial charge in [-0.1, -0.05) is 0 Å². The average Bonchev–Trinajstić information content (AvgIpc) is 2.33. The Balaban J connectivity index is 3.36. The standard InChI is InChI=1S/C14H17F3O4/c1-6(14(15,16)17)8(18)7-9(19)12(2,3)11(21)13(4,5)10(7)20/h6-7H,1-5H3. The molecule has 1 unspecified atom stereocenters. The maximum absolute atomic E-state index is 12.7. The van der Waals surface area contributed by atoms with Crippen molar-refractivity contribution in [3.8, 4) is 0 Å². The number of carbonyl (C=O) groups is 4. The molecule has 0 aliphatic heterocycles. The zero-order valence-corrected chi connectivity index (χ0v) is 12.4. The van der Waals surface area contributed by atoms with Crippen LogP contribution in [0.1, 0.15) is 34.6 Å². The first-order valence-corrected chi connectivity index (χ1v) is 6.40. The second-order valence-electron chi connectivity index (χ2n) is 6.41. The van der Waals surface area contributed by atoms with E-state index in [-0.39, 0.29) is 0 Å². The molecule has 1 fully saturated rings. The second-order valence-corrected chi connectivity index (χ2v) is 6.41. The Bertz CT molecular complexity index is 499. The van der Waals surface area contributed by atoms with Crippen LogP contribution in [0.2, 0.25) is 0 Å². The Morgan fingerprint density at radius 3 is 1.62 bits per heavy atom. The Kier molecular flexibility index (Phi) is 3.96. The van der Waals surface area contributed by atoms with E-state index in [0.717, 1.165) is 0 Å². The number of ketones is 4. The van der Waals surface area contributed by atoms with Crippen LogP contribution in [0.5, 0.6) is 0 Å². The quantitative estimate of drug-likeness (QED) is 0.733. The van der Waals surface area contributed by atoms with E-state index < -0.39 is 52.0 Å². The first kappa shape index (κ1) is 17.5. The van der Waals surface area contributed by atoms with Crippen LogP contribution in [0, 0.1) is 22.7 Å². The van der Waals surface area contributed by atoms with Crippen LogP contribution in [0.3, 0.4) is 0 Å². The fourth-order valence-corrected chi connectivity index (χ4v) is 2.52. The zero-order valence-electron chi connectivity index (χ0n) is 12.4. The molecule has 0 N–H and O–H groups in total. The molecule has 4 nitrogen and oxygen atoms in total. The van der Waals surface area contributed by atoms with E-state index in [1.807, 2.05) is 0 Å². The van der Waals surface area contributed by atoms with Crippen LogP contribution in [0.25, 0.3) is 0 Å². The highest BCUT2D eigenvalue weighted by Crippen LogP contribution is 2.43. The molecule has 1 atom stereocenters. The summed E-state index contributed by atoms with van der Waals surface area (Å²) >= 11 is 0. The smallest absolute Gasteiger partial charge is 0.298 e. The number of carbonyl (C=O) groups excluding carboxylic acids is 4. The third-order valence-electron chi connectivity index (χ3n) is 4.09. The summed E-state index contributed by atoms with van der Waals surface area (Å²) in [7, 11) is 0. The van der Waals surface area contributed by atoms with Crippen molar-refractivity contribution in [1.82, 2.24) is 0 Å². The molecule has 0 aromatic heterocycles. The Hall–Kier alpha value is -1.53. The number of Topliss-reactive ketones (excluding diaryl/α,β-unsaturated/α-hetero) is 4. The largest absolute Gasteiger partial charge is 0.398 e. The molecule has 0 aromatic rings. The second kappa shape index (κ2) is 4.74. The zero-order chi connectivity index (χ0) is 17.0. The van der Waals surface area contributed by atoms with Gasteiger partial charge in [-0.2, -0.15) is 13.2 Å². The van der Waals surface area contributed by atoms with Crippen LogP contribution >= 0.6 is 0 Å². The van der Waals surface area contributed by atoms with Gasteiger partial charge in [0.25, 0.3) is 0 Å². The van der Waals surface area contributed by atoms with Crippen molar-refractivity contribution in [3.63, 3.8) is 0 Å². The molecular weight excluding hydrogens is 289 g/mol. The highest BCUT2D eigenvalue weighted by atomic mass is 19.4. The Morgan fingerprint density at radius 1 is 1.00 bits per heavy atom.